The topological polar surface area (TPSA) is 49.4 Å². The third-order valence-electron chi connectivity index (χ3n) is 3.74. The first-order chi connectivity index (χ1) is 11.7. The van der Waals surface area contributed by atoms with Crippen molar-refractivity contribution >= 4 is 35.3 Å². The predicted octanol–water partition coefficient (Wildman–Crippen LogP) is 3.54. The lowest BCUT2D eigenvalue weighted by molar-refractivity contribution is -0.121. The van der Waals surface area contributed by atoms with Gasteiger partial charge in [0.2, 0.25) is 5.91 Å². The van der Waals surface area contributed by atoms with Crippen LogP contribution in [0.4, 0.5) is 0 Å². The van der Waals surface area contributed by atoms with Gasteiger partial charge in [0.1, 0.15) is 0 Å². The molecule has 1 saturated heterocycles. The first-order valence-corrected chi connectivity index (χ1v) is 10.6. The van der Waals surface area contributed by atoms with Gasteiger partial charge in [0, 0.05) is 30.2 Å². The molecule has 1 aliphatic rings. The highest BCUT2D eigenvalue weighted by Crippen LogP contribution is 2.45. The Bertz CT molecular complexity index is 542. The fourth-order valence-corrected chi connectivity index (χ4v) is 5.39. The zero-order valence-electron chi connectivity index (χ0n) is 14.4. The average molecular weight is 367 g/mol. The van der Waals surface area contributed by atoms with Crippen molar-refractivity contribution in [2.45, 2.75) is 31.3 Å². The molecule has 6 heteroatoms. The average Bonchev–Trinajstić information content (AvgIpc) is 3.14. The van der Waals surface area contributed by atoms with Crippen molar-refractivity contribution in [3.05, 3.63) is 35.4 Å². The molecule has 1 aliphatic heterocycles. The van der Waals surface area contributed by atoms with Crippen LogP contribution in [-0.2, 0) is 4.79 Å². The highest BCUT2D eigenvalue weighted by molar-refractivity contribution is 8.19. The van der Waals surface area contributed by atoms with E-state index in [0.717, 1.165) is 12.8 Å². The van der Waals surface area contributed by atoms with E-state index in [1.54, 1.807) is 4.90 Å². The van der Waals surface area contributed by atoms with Crippen LogP contribution in [0, 0.1) is 0 Å². The van der Waals surface area contributed by atoms with Crippen molar-refractivity contribution in [2.24, 2.45) is 0 Å². The molecule has 132 valence electrons. The van der Waals surface area contributed by atoms with Crippen LogP contribution in [-0.4, -0.2) is 47.9 Å². The molecule has 1 fully saturated rings. The highest BCUT2D eigenvalue weighted by Gasteiger charge is 2.21. The fraction of sp³-hybridized carbons (Fsp3) is 0.556. The smallest absolute Gasteiger partial charge is 0.254 e. The Balaban J connectivity index is 2.01. The summed E-state index contributed by atoms with van der Waals surface area (Å²) in [7, 11) is 0. The summed E-state index contributed by atoms with van der Waals surface area (Å²) in [6.07, 6.45) is 1.73. The van der Waals surface area contributed by atoms with Gasteiger partial charge in [0.25, 0.3) is 5.91 Å². The molecule has 1 aromatic rings. The van der Waals surface area contributed by atoms with E-state index in [-0.39, 0.29) is 18.4 Å². The number of nitrogens with zero attached hydrogens (tertiary/aromatic N) is 1. The molecule has 0 unspecified atom stereocenters. The van der Waals surface area contributed by atoms with E-state index in [1.807, 2.05) is 61.6 Å². The Hall–Kier alpha value is -1.14. The lowest BCUT2D eigenvalue weighted by Crippen LogP contribution is -2.41. The molecule has 0 spiro atoms. The molecule has 0 atom stereocenters. The van der Waals surface area contributed by atoms with Gasteiger partial charge in [0.05, 0.1) is 11.1 Å². The Morgan fingerprint density at radius 3 is 2.38 bits per heavy atom. The Morgan fingerprint density at radius 1 is 1.12 bits per heavy atom. The first kappa shape index (κ1) is 19.2. The number of hydrogen-bond donors (Lipinski definition) is 1. The number of amides is 2. The van der Waals surface area contributed by atoms with Gasteiger partial charge in [-0.3, -0.25) is 9.59 Å². The maximum Gasteiger partial charge on any atom is 0.254 e. The van der Waals surface area contributed by atoms with Gasteiger partial charge in [-0.1, -0.05) is 26.0 Å². The minimum atomic E-state index is -0.0889. The van der Waals surface area contributed by atoms with E-state index >= 15 is 0 Å². The molecule has 24 heavy (non-hydrogen) atoms. The minimum absolute atomic E-state index is 0.0678. The van der Waals surface area contributed by atoms with Crippen molar-refractivity contribution < 1.29 is 9.59 Å². The zero-order valence-corrected chi connectivity index (χ0v) is 16.0. The molecular formula is C18H26N2O2S2. The normalized spacial score (nSPS) is 14.6. The number of carbonyl (C=O) groups is 2. The van der Waals surface area contributed by atoms with Crippen LogP contribution in [0.1, 0.15) is 47.2 Å². The van der Waals surface area contributed by atoms with Crippen LogP contribution in [0.5, 0.6) is 0 Å². The van der Waals surface area contributed by atoms with E-state index in [2.05, 4.69) is 5.32 Å². The van der Waals surface area contributed by atoms with Crippen LogP contribution in [0.15, 0.2) is 24.3 Å². The number of benzene rings is 1. The number of carbonyl (C=O) groups excluding carboxylic acids is 2. The summed E-state index contributed by atoms with van der Waals surface area (Å²) in [6, 6.07) is 7.88. The predicted molar refractivity (Wildman–Crippen MR) is 104 cm³/mol. The van der Waals surface area contributed by atoms with Crippen LogP contribution < -0.4 is 5.32 Å². The molecule has 1 N–H and O–H groups in total. The summed E-state index contributed by atoms with van der Waals surface area (Å²) in [5.74, 6) is 2.22. The summed E-state index contributed by atoms with van der Waals surface area (Å²) < 4.78 is 0.487. The summed E-state index contributed by atoms with van der Waals surface area (Å²) in [5, 5.41) is 2.84. The van der Waals surface area contributed by atoms with Crippen LogP contribution in [0.3, 0.4) is 0 Å². The van der Waals surface area contributed by atoms with Gasteiger partial charge < -0.3 is 10.2 Å². The first-order valence-electron chi connectivity index (χ1n) is 8.54. The van der Waals surface area contributed by atoms with E-state index in [1.165, 1.54) is 17.1 Å². The maximum absolute atomic E-state index is 12.7. The lowest BCUT2D eigenvalue weighted by atomic mass is 10.1. The minimum Gasteiger partial charge on any atom is -0.355 e. The van der Waals surface area contributed by atoms with Crippen molar-refractivity contribution in [1.29, 1.82) is 0 Å². The van der Waals surface area contributed by atoms with Gasteiger partial charge in [0.15, 0.2) is 0 Å². The number of thioether (sulfide) groups is 2. The van der Waals surface area contributed by atoms with E-state index in [4.69, 9.17) is 0 Å². The molecular weight excluding hydrogens is 340 g/mol. The summed E-state index contributed by atoms with van der Waals surface area (Å²) in [5.41, 5.74) is 1.92. The second-order valence-corrected chi connectivity index (χ2v) is 8.50. The van der Waals surface area contributed by atoms with Crippen LogP contribution in [0.2, 0.25) is 0 Å². The fourth-order valence-electron chi connectivity index (χ4n) is 2.53. The van der Waals surface area contributed by atoms with Gasteiger partial charge >= 0.3 is 0 Å². The summed E-state index contributed by atoms with van der Waals surface area (Å²) in [6.45, 7) is 5.40. The lowest BCUT2D eigenvalue weighted by Gasteiger charge is -2.22. The Kier molecular flexibility index (Phi) is 7.99. The van der Waals surface area contributed by atoms with Crippen LogP contribution in [0.25, 0.3) is 0 Å². The molecule has 1 aromatic carbocycles. The van der Waals surface area contributed by atoms with Gasteiger partial charge in [-0.15, -0.1) is 23.5 Å². The molecule has 1 heterocycles. The van der Waals surface area contributed by atoms with Crippen molar-refractivity contribution in [2.75, 3.05) is 31.1 Å². The third-order valence-corrected chi connectivity index (χ3v) is 6.84. The Morgan fingerprint density at radius 2 is 1.79 bits per heavy atom. The monoisotopic (exact) mass is 366 g/mol. The molecule has 0 aliphatic carbocycles. The molecule has 0 radical (unpaired) electrons. The largest absolute Gasteiger partial charge is 0.355 e. The van der Waals surface area contributed by atoms with Crippen LogP contribution >= 0.6 is 23.5 Å². The highest BCUT2D eigenvalue weighted by atomic mass is 32.2. The maximum atomic E-state index is 12.7. The molecule has 0 saturated carbocycles. The summed E-state index contributed by atoms with van der Waals surface area (Å²) in [4.78, 5) is 26.3. The van der Waals surface area contributed by atoms with E-state index < -0.39 is 0 Å². The molecule has 0 aromatic heterocycles. The standard InChI is InChI=1S/C18H26N2O2S2/c1-3-9-19-16(21)13-20(10-4-2)17(22)14-5-7-15(8-6-14)18-23-11-12-24-18/h5-8,18H,3-4,9-13H2,1-2H3,(H,19,21). The summed E-state index contributed by atoms with van der Waals surface area (Å²) >= 11 is 3.91. The van der Waals surface area contributed by atoms with Crippen molar-refractivity contribution in [3.8, 4) is 0 Å². The van der Waals surface area contributed by atoms with Gasteiger partial charge in [-0.25, -0.2) is 0 Å². The van der Waals surface area contributed by atoms with Crippen molar-refractivity contribution in [1.82, 2.24) is 10.2 Å². The number of hydrogen-bond acceptors (Lipinski definition) is 4. The van der Waals surface area contributed by atoms with Gasteiger partial charge in [-0.05, 0) is 30.5 Å². The van der Waals surface area contributed by atoms with Gasteiger partial charge in [-0.2, -0.15) is 0 Å². The third kappa shape index (κ3) is 5.45. The molecule has 2 rings (SSSR count). The number of nitrogens with one attached hydrogen (secondary N) is 1. The molecule has 2 amide bonds. The van der Waals surface area contributed by atoms with E-state index in [0.29, 0.717) is 23.2 Å². The Labute approximate surface area is 153 Å². The molecule has 0 bridgehead atoms. The van der Waals surface area contributed by atoms with E-state index in [9.17, 15) is 9.59 Å². The second-order valence-electron chi connectivity index (χ2n) is 5.77. The number of rotatable bonds is 8. The van der Waals surface area contributed by atoms with Crippen molar-refractivity contribution in [3.63, 3.8) is 0 Å². The zero-order chi connectivity index (χ0) is 17.4. The molecule has 4 nitrogen and oxygen atoms in total. The quantitative estimate of drug-likeness (QED) is 0.764. The second kappa shape index (κ2) is 9.99. The SMILES string of the molecule is CCCNC(=O)CN(CCC)C(=O)c1ccc(C2SCCS2)cc1.